The van der Waals surface area contributed by atoms with Crippen LogP contribution in [0.15, 0.2) is 48.5 Å². The first-order valence-corrected chi connectivity index (χ1v) is 7.88. The van der Waals surface area contributed by atoms with E-state index < -0.39 is 0 Å². The summed E-state index contributed by atoms with van der Waals surface area (Å²) in [7, 11) is 3.35. The first-order chi connectivity index (χ1) is 11.4. The number of nitrogens with one attached hydrogen (secondary N) is 1. The zero-order valence-electron chi connectivity index (χ0n) is 13.2. The van der Waals surface area contributed by atoms with E-state index in [1.165, 1.54) is 11.0 Å². The van der Waals surface area contributed by atoms with Gasteiger partial charge in [0.25, 0.3) is 5.91 Å². The van der Waals surface area contributed by atoms with Gasteiger partial charge >= 0.3 is 0 Å². The van der Waals surface area contributed by atoms with E-state index in [-0.39, 0.29) is 11.8 Å². The van der Waals surface area contributed by atoms with Crippen LogP contribution in [0.2, 0.25) is 10.0 Å². The Labute approximate surface area is 150 Å². The third-order valence-electron chi connectivity index (χ3n) is 3.15. The Balaban J connectivity index is 2.06. The molecule has 0 bridgehead atoms. The third-order valence-corrected chi connectivity index (χ3v) is 3.89. The Morgan fingerprint density at radius 2 is 1.79 bits per heavy atom. The first kappa shape index (κ1) is 18.0. The van der Waals surface area contributed by atoms with Crippen molar-refractivity contribution in [1.29, 1.82) is 0 Å². The topological polar surface area (TPSA) is 49.4 Å². The Kier molecular flexibility index (Phi) is 6.01. The molecule has 4 nitrogen and oxygen atoms in total. The van der Waals surface area contributed by atoms with Crippen LogP contribution in [-0.2, 0) is 4.79 Å². The van der Waals surface area contributed by atoms with Crippen molar-refractivity contribution in [3.05, 3.63) is 69.7 Å². The second-order valence-electron chi connectivity index (χ2n) is 5.28. The maximum atomic E-state index is 12.0. The molecule has 0 atom stereocenters. The first-order valence-electron chi connectivity index (χ1n) is 7.12. The Hall–Kier alpha value is -2.30. The second-order valence-corrected chi connectivity index (χ2v) is 6.09. The summed E-state index contributed by atoms with van der Waals surface area (Å²) < 4.78 is 0. The Morgan fingerprint density at radius 1 is 1.04 bits per heavy atom. The van der Waals surface area contributed by atoms with Gasteiger partial charge in [0.1, 0.15) is 0 Å². The average Bonchev–Trinajstić information content (AvgIpc) is 2.55. The number of hydrogen-bond acceptors (Lipinski definition) is 2. The van der Waals surface area contributed by atoms with E-state index in [1.54, 1.807) is 62.6 Å². The van der Waals surface area contributed by atoms with Gasteiger partial charge in [-0.3, -0.25) is 9.59 Å². The van der Waals surface area contributed by atoms with Crippen molar-refractivity contribution in [2.24, 2.45) is 0 Å². The fourth-order valence-corrected chi connectivity index (χ4v) is 2.27. The van der Waals surface area contributed by atoms with Crippen LogP contribution in [0.3, 0.4) is 0 Å². The zero-order chi connectivity index (χ0) is 17.7. The standard InChI is InChI=1S/C18H16Cl2N2O2/c1-22(2)18(24)13-4-3-5-14(11-13)21-17(23)9-7-12-6-8-15(19)16(20)10-12/h3-11H,1-2H3,(H,21,23)/b9-7+. The lowest BCUT2D eigenvalue weighted by Gasteiger charge is -2.11. The van der Waals surface area contributed by atoms with Crippen molar-refractivity contribution in [1.82, 2.24) is 4.90 Å². The highest BCUT2D eigenvalue weighted by molar-refractivity contribution is 6.42. The normalized spacial score (nSPS) is 10.7. The highest BCUT2D eigenvalue weighted by Crippen LogP contribution is 2.23. The molecule has 0 fully saturated rings. The summed E-state index contributed by atoms with van der Waals surface area (Å²) in [5, 5.41) is 3.60. The van der Waals surface area contributed by atoms with E-state index in [9.17, 15) is 9.59 Å². The van der Waals surface area contributed by atoms with E-state index in [4.69, 9.17) is 23.2 Å². The second kappa shape index (κ2) is 7.99. The Morgan fingerprint density at radius 3 is 2.46 bits per heavy atom. The van der Waals surface area contributed by atoms with Gasteiger partial charge < -0.3 is 10.2 Å². The van der Waals surface area contributed by atoms with E-state index in [2.05, 4.69) is 5.32 Å². The molecule has 24 heavy (non-hydrogen) atoms. The molecule has 1 N–H and O–H groups in total. The van der Waals surface area contributed by atoms with Crippen LogP contribution in [0.5, 0.6) is 0 Å². The van der Waals surface area contributed by atoms with E-state index in [1.807, 2.05) is 0 Å². The molecule has 124 valence electrons. The molecule has 0 unspecified atom stereocenters. The molecule has 2 aromatic rings. The summed E-state index contributed by atoms with van der Waals surface area (Å²) in [6, 6.07) is 11.9. The van der Waals surface area contributed by atoms with Crippen LogP contribution in [0.1, 0.15) is 15.9 Å². The molecule has 0 aliphatic rings. The number of carbonyl (C=O) groups excluding carboxylic acids is 2. The lowest BCUT2D eigenvalue weighted by Crippen LogP contribution is -2.21. The Bertz CT molecular complexity index is 801. The quantitative estimate of drug-likeness (QED) is 0.822. The molecule has 6 heteroatoms. The van der Waals surface area contributed by atoms with E-state index >= 15 is 0 Å². The van der Waals surface area contributed by atoms with Gasteiger partial charge in [0.15, 0.2) is 0 Å². The molecule has 0 spiro atoms. The summed E-state index contributed by atoms with van der Waals surface area (Å²) in [5.74, 6) is -0.437. The minimum Gasteiger partial charge on any atom is -0.345 e. The fourth-order valence-electron chi connectivity index (χ4n) is 1.96. The summed E-state index contributed by atoms with van der Waals surface area (Å²) in [6.07, 6.45) is 3.02. The number of nitrogens with zero attached hydrogens (tertiary/aromatic N) is 1. The number of hydrogen-bond donors (Lipinski definition) is 1. The van der Waals surface area contributed by atoms with Crippen molar-refractivity contribution < 1.29 is 9.59 Å². The predicted molar refractivity (Wildman–Crippen MR) is 98.6 cm³/mol. The molecule has 0 aromatic heterocycles. The van der Waals surface area contributed by atoms with Crippen LogP contribution in [0.25, 0.3) is 6.08 Å². The van der Waals surface area contributed by atoms with Crippen LogP contribution >= 0.6 is 23.2 Å². The van der Waals surface area contributed by atoms with Crippen molar-refractivity contribution in [2.45, 2.75) is 0 Å². The molecular formula is C18H16Cl2N2O2. The predicted octanol–water partition coefficient (Wildman–Crippen LogP) is 4.35. The summed E-state index contributed by atoms with van der Waals surface area (Å²) in [6.45, 7) is 0. The van der Waals surface area contributed by atoms with Gasteiger partial charge in [0.05, 0.1) is 10.0 Å². The summed E-state index contributed by atoms with van der Waals surface area (Å²) in [4.78, 5) is 25.4. The van der Waals surface area contributed by atoms with Crippen molar-refractivity contribution in [3.8, 4) is 0 Å². The molecule has 0 radical (unpaired) electrons. The summed E-state index contributed by atoms with van der Waals surface area (Å²) >= 11 is 11.8. The van der Waals surface area contributed by atoms with Crippen molar-refractivity contribution in [2.75, 3.05) is 19.4 Å². The maximum Gasteiger partial charge on any atom is 0.253 e. The zero-order valence-corrected chi connectivity index (χ0v) is 14.7. The highest BCUT2D eigenvalue weighted by Gasteiger charge is 2.08. The van der Waals surface area contributed by atoms with Crippen LogP contribution in [-0.4, -0.2) is 30.8 Å². The highest BCUT2D eigenvalue weighted by atomic mass is 35.5. The minimum absolute atomic E-state index is 0.127. The number of anilines is 1. The largest absolute Gasteiger partial charge is 0.345 e. The molecule has 0 saturated heterocycles. The molecule has 2 amide bonds. The number of halogens is 2. The van der Waals surface area contributed by atoms with Gasteiger partial charge in [0.2, 0.25) is 5.91 Å². The monoisotopic (exact) mass is 362 g/mol. The van der Waals surface area contributed by atoms with Crippen LogP contribution < -0.4 is 5.32 Å². The van der Waals surface area contributed by atoms with Crippen LogP contribution in [0, 0.1) is 0 Å². The molecular weight excluding hydrogens is 347 g/mol. The number of amides is 2. The maximum absolute atomic E-state index is 12.0. The third kappa shape index (κ3) is 4.85. The van der Waals surface area contributed by atoms with Crippen LogP contribution in [0.4, 0.5) is 5.69 Å². The van der Waals surface area contributed by atoms with Crippen molar-refractivity contribution >= 4 is 46.8 Å². The van der Waals surface area contributed by atoms with Gasteiger partial charge in [0, 0.05) is 31.4 Å². The SMILES string of the molecule is CN(C)C(=O)c1cccc(NC(=O)/C=C/c2ccc(Cl)c(Cl)c2)c1. The van der Waals surface area contributed by atoms with E-state index in [0.717, 1.165) is 5.56 Å². The van der Waals surface area contributed by atoms with Gasteiger partial charge in [-0.05, 0) is 42.0 Å². The lowest BCUT2D eigenvalue weighted by atomic mass is 10.1. The fraction of sp³-hybridized carbons (Fsp3) is 0.111. The van der Waals surface area contributed by atoms with Gasteiger partial charge in [-0.25, -0.2) is 0 Å². The number of carbonyl (C=O) groups is 2. The molecule has 2 aromatic carbocycles. The molecule has 0 heterocycles. The molecule has 0 aliphatic heterocycles. The van der Waals surface area contributed by atoms with E-state index in [0.29, 0.717) is 21.3 Å². The summed E-state index contributed by atoms with van der Waals surface area (Å²) in [5.41, 5.74) is 1.81. The molecule has 0 aliphatic carbocycles. The molecule has 0 saturated carbocycles. The smallest absolute Gasteiger partial charge is 0.253 e. The minimum atomic E-state index is -0.310. The number of rotatable bonds is 4. The average molecular weight is 363 g/mol. The molecule has 2 rings (SSSR count). The lowest BCUT2D eigenvalue weighted by molar-refractivity contribution is -0.111. The van der Waals surface area contributed by atoms with Gasteiger partial charge in [-0.2, -0.15) is 0 Å². The number of benzene rings is 2. The van der Waals surface area contributed by atoms with Gasteiger partial charge in [-0.1, -0.05) is 35.3 Å². The van der Waals surface area contributed by atoms with Crippen molar-refractivity contribution in [3.63, 3.8) is 0 Å². The van der Waals surface area contributed by atoms with Gasteiger partial charge in [-0.15, -0.1) is 0 Å².